The molecule has 0 atom stereocenters. The fraction of sp³-hybridized carbons (Fsp3) is 0.500. The molecule has 0 unspecified atom stereocenters. The monoisotopic (exact) mass is 348 g/mol. The van der Waals surface area contributed by atoms with Crippen LogP contribution in [0.2, 0.25) is 0 Å². The number of nitrogens with zero attached hydrogens (tertiary/aromatic N) is 2. The first-order chi connectivity index (χ1) is 11.5. The van der Waals surface area contributed by atoms with E-state index in [1.165, 1.54) is 25.5 Å². The van der Waals surface area contributed by atoms with Crippen molar-refractivity contribution in [2.75, 3.05) is 12.9 Å². The van der Waals surface area contributed by atoms with Crippen LogP contribution in [0, 0.1) is 0 Å². The summed E-state index contributed by atoms with van der Waals surface area (Å²) >= 11 is 0. The Morgan fingerprint density at radius 3 is 2.58 bits per heavy atom. The number of aliphatic hydroxyl groups is 1. The van der Waals surface area contributed by atoms with Crippen molar-refractivity contribution in [1.29, 1.82) is 0 Å². The number of rotatable bonds is 5. The second-order valence-electron chi connectivity index (χ2n) is 6.50. The molecular weight excluding hydrogens is 324 g/mol. The van der Waals surface area contributed by atoms with Gasteiger partial charge in [0.25, 0.3) is 0 Å². The van der Waals surface area contributed by atoms with Crippen molar-refractivity contribution in [2.24, 2.45) is 0 Å². The van der Waals surface area contributed by atoms with Gasteiger partial charge in [-0.25, -0.2) is 8.42 Å². The molecule has 130 valence electrons. The Kier molecular flexibility index (Phi) is 5.06. The molecular formula is C18H24N2O3S. The normalized spacial score (nSPS) is 16.4. The van der Waals surface area contributed by atoms with Gasteiger partial charge in [-0.15, -0.1) is 0 Å². The number of aliphatic hydroxyl groups excluding tert-OH is 1. The summed E-state index contributed by atoms with van der Waals surface area (Å²) in [5.41, 5.74) is 2.34. The maximum absolute atomic E-state index is 12.2. The van der Waals surface area contributed by atoms with Crippen LogP contribution in [-0.2, 0) is 16.3 Å². The Hall–Kier alpha value is -1.66. The zero-order valence-corrected chi connectivity index (χ0v) is 14.8. The van der Waals surface area contributed by atoms with E-state index in [4.69, 9.17) is 0 Å². The summed E-state index contributed by atoms with van der Waals surface area (Å²) in [6.45, 7) is 0.0366. The lowest BCUT2D eigenvalue weighted by atomic mass is 9.95. The molecule has 1 saturated carbocycles. The molecule has 0 spiro atoms. The molecule has 1 N–H and O–H groups in total. The lowest BCUT2D eigenvalue weighted by Gasteiger charge is -2.24. The predicted molar refractivity (Wildman–Crippen MR) is 93.7 cm³/mol. The Morgan fingerprint density at radius 2 is 1.92 bits per heavy atom. The molecule has 1 heterocycles. The van der Waals surface area contributed by atoms with Crippen molar-refractivity contribution in [1.82, 2.24) is 9.78 Å². The predicted octanol–water partition coefficient (Wildman–Crippen LogP) is 2.99. The summed E-state index contributed by atoms with van der Waals surface area (Å²) in [6.07, 6.45) is 7.44. The molecule has 0 radical (unpaired) electrons. The van der Waals surface area contributed by atoms with Crippen molar-refractivity contribution in [3.63, 3.8) is 0 Å². The molecule has 0 amide bonds. The molecule has 3 rings (SSSR count). The lowest BCUT2D eigenvalue weighted by Crippen LogP contribution is -2.16. The largest absolute Gasteiger partial charge is 0.396 e. The summed E-state index contributed by atoms with van der Waals surface area (Å²) in [7, 11) is -3.32. The van der Waals surface area contributed by atoms with Gasteiger partial charge in [0, 0.05) is 24.8 Å². The fourth-order valence-corrected chi connectivity index (χ4v) is 4.39. The average Bonchev–Trinajstić information content (AvgIpc) is 2.99. The van der Waals surface area contributed by atoms with Crippen LogP contribution >= 0.6 is 0 Å². The van der Waals surface area contributed by atoms with E-state index in [1.807, 2.05) is 22.9 Å². The minimum atomic E-state index is -3.32. The van der Waals surface area contributed by atoms with Gasteiger partial charge in [0.05, 0.1) is 22.3 Å². The van der Waals surface area contributed by atoms with Crippen LogP contribution in [0.1, 0.15) is 43.8 Å². The maximum Gasteiger partial charge on any atom is 0.176 e. The maximum atomic E-state index is 12.2. The van der Waals surface area contributed by atoms with Crippen LogP contribution < -0.4 is 0 Å². The zero-order valence-electron chi connectivity index (χ0n) is 14.0. The van der Waals surface area contributed by atoms with Gasteiger partial charge in [-0.05, 0) is 25.0 Å². The molecule has 24 heavy (non-hydrogen) atoms. The van der Waals surface area contributed by atoms with E-state index < -0.39 is 9.84 Å². The van der Waals surface area contributed by atoms with E-state index in [0.29, 0.717) is 22.9 Å². The second-order valence-corrected chi connectivity index (χ2v) is 8.48. The Balaban J connectivity index is 2.13. The third-order valence-corrected chi connectivity index (χ3v) is 5.79. The highest BCUT2D eigenvalue weighted by Gasteiger charge is 2.23. The van der Waals surface area contributed by atoms with Crippen molar-refractivity contribution >= 4 is 9.84 Å². The van der Waals surface area contributed by atoms with Gasteiger partial charge in [0.1, 0.15) is 0 Å². The molecule has 1 fully saturated rings. The molecule has 2 aromatic rings. The Morgan fingerprint density at radius 1 is 1.21 bits per heavy atom. The third-order valence-electron chi connectivity index (χ3n) is 4.64. The highest BCUT2D eigenvalue weighted by atomic mass is 32.2. The summed E-state index contributed by atoms with van der Waals surface area (Å²) in [5.74, 6) is 0. The van der Waals surface area contributed by atoms with Crippen molar-refractivity contribution in [3.8, 4) is 11.3 Å². The molecule has 1 aromatic carbocycles. The molecule has 0 saturated heterocycles. The molecule has 0 bridgehead atoms. The number of hydrogen-bond donors (Lipinski definition) is 1. The van der Waals surface area contributed by atoms with Gasteiger partial charge >= 0.3 is 0 Å². The van der Waals surface area contributed by atoms with Gasteiger partial charge in [-0.2, -0.15) is 5.10 Å². The van der Waals surface area contributed by atoms with E-state index in [0.717, 1.165) is 24.2 Å². The molecule has 1 aliphatic rings. The quantitative estimate of drug-likeness (QED) is 0.901. The van der Waals surface area contributed by atoms with E-state index in [1.54, 1.807) is 12.1 Å². The summed E-state index contributed by atoms with van der Waals surface area (Å²) in [6, 6.07) is 9.32. The van der Waals surface area contributed by atoms with E-state index in [9.17, 15) is 13.5 Å². The zero-order chi connectivity index (χ0) is 17.2. The minimum absolute atomic E-state index is 0.0366. The van der Waals surface area contributed by atoms with Crippen LogP contribution in [0.25, 0.3) is 11.3 Å². The van der Waals surface area contributed by atoms with Gasteiger partial charge in [0.2, 0.25) is 0 Å². The lowest BCUT2D eigenvalue weighted by molar-refractivity contribution is 0.295. The van der Waals surface area contributed by atoms with Gasteiger partial charge in [-0.3, -0.25) is 4.68 Å². The minimum Gasteiger partial charge on any atom is -0.396 e. The van der Waals surface area contributed by atoms with Crippen LogP contribution in [0.15, 0.2) is 35.2 Å². The second kappa shape index (κ2) is 7.07. The van der Waals surface area contributed by atoms with E-state index in [-0.39, 0.29) is 6.61 Å². The first-order valence-electron chi connectivity index (χ1n) is 8.49. The SMILES string of the molecule is CS(=O)(=O)c1ccccc1-c1cc(CCO)nn1C1CCCCC1. The number of sulfone groups is 1. The summed E-state index contributed by atoms with van der Waals surface area (Å²) < 4.78 is 26.3. The number of aromatic nitrogens is 2. The molecule has 1 aliphatic carbocycles. The van der Waals surface area contributed by atoms with Crippen LogP contribution in [0.5, 0.6) is 0 Å². The van der Waals surface area contributed by atoms with Gasteiger partial charge < -0.3 is 5.11 Å². The van der Waals surface area contributed by atoms with Crippen molar-refractivity contribution in [2.45, 2.75) is 49.5 Å². The topological polar surface area (TPSA) is 72.2 Å². The standard InChI is InChI=1S/C18H24N2O3S/c1-24(22,23)18-10-6-5-9-16(18)17-13-14(11-12-21)19-20(17)15-7-3-2-4-8-15/h5-6,9-10,13,15,21H,2-4,7-8,11-12H2,1H3. The fourth-order valence-electron chi connectivity index (χ4n) is 3.49. The number of hydrogen-bond acceptors (Lipinski definition) is 4. The molecule has 6 heteroatoms. The first kappa shape index (κ1) is 17.2. The third kappa shape index (κ3) is 3.54. The van der Waals surface area contributed by atoms with Crippen LogP contribution in [0.4, 0.5) is 0 Å². The summed E-state index contributed by atoms with van der Waals surface area (Å²) in [5, 5.41) is 13.9. The van der Waals surface area contributed by atoms with E-state index >= 15 is 0 Å². The summed E-state index contributed by atoms with van der Waals surface area (Å²) in [4.78, 5) is 0.331. The molecule has 5 nitrogen and oxygen atoms in total. The first-order valence-corrected chi connectivity index (χ1v) is 10.4. The Bertz CT molecular complexity index is 805. The van der Waals surface area contributed by atoms with Gasteiger partial charge in [0.15, 0.2) is 9.84 Å². The highest BCUT2D eigenvalue weighted by molar-refractivity contribution is 7.90. The van der Waals surface area contributed by atoms with Crippen LogP contribution in [-0.4, -0.2) is 36.2 Å². The van der Waals surface area contributed by atoms with Gasteiger partial charge in [-0.1, -0.05) is 37.5 Å². The van der Waals surface area contributed by atoms with Crippen molar-refractivity contribution in [3.05, 3.63) is 36.0 Å². The van der Waals surface area contributed by atoms with Crippen molar-refractivity contribution < 1.29 is 13.5 Å². The van der Waals surface area contributed by atoms with Crippen LogP contribution in [0.3, 0.4) is 0 Å². The molecule has 1 aromatic heterocycles. The van der Waals surface area contributed by atoms with E-state index in [2.05, 4.69) is 5.10 Å². The number of benzene rings is 1. The molecule has 0 aliphatic heterocycles. The highest BCUT2D eigenvalue weighted by Crippen LogP contribution is 2.35. The average molecular weight is 348 g/mol. The Labute approximate surface area is 143 Å². The smallest absolute Gasteiger partial charge is 0.176 e.